The molecule has 0 unspecified atom stereocenters. The van der Waals surface area contributed by atoms with Gasteiger partial charge in [-0.2, -0.15) is 0 Å². The summed E-state index contributed by atoms with van der Waals surface area (Å²) in [7, 11) is 0. The van der Waals surface area contributed by atoms with E-state index in [-0.39, 0.29) is 36.9 Å². The third-order valence-electron chi connectivity index (χ3n) is 10.6. The van der Waals surface area contributed by atoms with Gasteiger partial charge in [-0.25, -0.2) is 14.6 Å². The summed E-state index contributed by atoms with van der Waals surface area (Å²) in [6.45, 7) is 7.51. The number of rotatable bonds is 16. The second-order valence-corrected chi connectivity index (χ2v) is 14.7. The molecule has 2 aliphatic rings. The van der Waals surface area contributed by atoms with Crippen molar-refractivity contribution in [3.8, 4) is 11.3 Å². The lowest BCUT2D eigenvalue weighted by molar-refractivity contribution is -0.129. The summed E-state index contributed by atoms with van der Waals surface area (Å²) in [6, 6.07) is 26.4. The lowest BCUT2D eigenvalue weighted by Crippen LogP contribution is -2.58. The van der Waals surface area contributed by atoms with Crippen LogP contribution in [0, 0.1) is 12.8 Å². The number of aryl methyl sites for hydroxylation is 1. The monoisotopic (exact) mass is 760 g/mol. The Labute approximate surface area is 328 Å². The van der Waals surface area contributed by atoms with Gasteiger partial charge in [-0.3, -0.25) is 29.9 Å². The van der Waals surface area contributed by atoms with E-state index in [1.54, 1.807) is 21.0 Å². The van der Waals surface area contributed by atoms with E-state index < -0.39 is 24.2 Å². The van der Waals surface area contributed by atoms with Crippen LogP contribution in [0.1, 0.15) is 55.6 Å². The van der Waals surface area contributed by atoms with E-state index in [0.29, 0.717) is 51.9 Å². The number of imide groups is 1. The second kappa shape index (κ2) is 18.8. The molecule has 0 spiro atoms. The molecule has 0 radical (unpaired) electrons. The molecule has 4 atom stereocenters. The van der Waals surface area contributed by atoms with Crippen LogP contribution in [-0.2, 0) is 29.1 Å². The number of hydrogen-bond acceptors (Lipinski definition) is 8. The SMILES string of the molecule is CC[C@H](C)[C@@H](C(=O)N[C@@H](Cc1ccccc1)[C@H](O)CN(Cc1ccc(-c2ccccn2)cc1)NC(=O)N1CCCC1=O)N1CCN(Cc2cccc(C)n2)C1=O. The zero-order valence-corrected chi connectivity index (χ0v) is 32.4. The first kappa shape index (κ1) is 40.0. The van der Waals surface area contributed by atoms with Gasteiger partial charge in [0.2, 0.25) is 11.8 Å². The van der Waals surface area contributed by atoms with Crippen molar-refractivity contribution in [2.45, 2.75) is 77.7 Å². The number of hydrazine groups is 1. The molecule has 3 N–H and O–H groups in total. The molecule has 2 aromatic carbocycles. The standard InChI is InChI=1S/C43H52N8O5/c1-4-30(2)40(51-25-24-48(43(51)56)28-35-15-10-12-31(3)45-35)41(54)46-37(26-32-13-6-5-7-14-32)38(52)29-49(47-42(55)50-23-11-17-39(50)53)27-33-18-20-34(21-19-33)36-16-8-9-22-44-36/h5-10,12-16,18-22,30,37-38,40,52H,4,11,17,23-29H2,1-3H3,(H,46,54)(H,47,55)/t30-,37-,38+,40-/m0/s1. The summed E-state index contributed by atoms with van der Waals surface area (Å²) in [4.78, 5) is 67.7. The molecule has 2 aliphatic heterocycles. The van der Waals surface area contributed by atoms with Gasteiger partial charge in [0.15, 0.2) is 0 Å². The van der Waals surface area contributed by atoms with Crippen LogP contribution in [0.2, 0.25) is 0 Å². The highest BCUT2D eigenvalue weighted by Gasteiger charge is 2.41. The number of nitrogens with one attached hydrogen (secondary N) is 2. The van der Waals surface area contributed by atoms with Crippen molar-refractivity contribution in [3.63, 3.8) is 0 Å². The van der Waals surface area contributed by atoms with Gasteiger partial charge in [-0.05, 0) is 61.1 Å². The van der Waals surface area contributed by atoms with Crippen LogP contribution in [0.25, 0.3) is 11.3 Å². The molecule has 6 rings (SSSR count). The Morgan fingerprint density at radius 2 is 1.68 bits per heavy atom. The maximum atomic E-state index is 14.4. The number of carbonyl (C=O) groups is 4. The predicted octanol–water partition coefficient (Wildman–Crippen LogP) is 4.94. The van der Waals surface area contributed by atoms with E-state index in [0.717, 1.165) is 33.8 Å². The molecule has 0 bridgehead atoms. The van der Waals surface area contributed by atoms with Crippen LogP contribution < -0.4 is 10.7 Å². The molecule has 6 amide bonds. The van der Waals surface area contributed by atoms with E-state index in [4.69, 9.17) is 0 Å². The molecule has 0 saturated carbocycles. The summed E-state index contributed by atoms with van der Waals surface area (Å²) in [5.74, 6) is -0.780. The van der Waals surface area contributed by atoms with Crippen molar-refractivity contribution in [2.75, 3.05) is 26.2 Å². The van der Waals surface area contributed by atoms with Crippen LogP contribution in [0.3, 0.4) is 0 Å². The zero-order chi connectivity index (χ0) is 39.6. The highest BCUT2D eigenvalue weighted by atomic mass is 16.3. The Morgan fingerprint density at radius 3 is 2.36 bits per heavy atom. The Balaban J connectivity index is 1.22. The molecule has 13 heteroatoms. The molecule has 2 saturated heterocycles. The van der Waals surface area contributed by atoms with Gasteiger partial charge in [0.05, 0.1) is 30.1 Å². The van der Waals surface area contributed by atoms with Gasteiger partial charge in [-0.15, -0.1) is 0 Å². The molecule has 2 fully saturated rings. The Kier molecular flexibility index (Phi) is 13.4. The number of amides is 6. The summed E-state index contributed by atoms with van der Waals surface area (Å²) < 4.78 is 0. The maximum absolute atomic E-state index is 14.4. The summed E-state index contributed by atoms with van der Waals surface area (Å²) >= 11 is 0. The lowest BCUT2D eigenvalue weighted by Gasteiger charge is -2.35. The van der Waals surface area contributed by atoms with Gasteiger partial charge < -0.3 is 20.2 Å². The van der Waals surface area contributed by atoms with Crippen LogP contribution >= 0.6 is 0 Å². The smallest absolute Gasteiger partial charge is 0.338 e. The number of carbonyl (C=O) groups excluding carboxylic acids is 4. The van der Waals surface area contributed by atoms with Gasteiger partial charge in [0.25, 0.3) is 0 Å². The third-order valence-corrected chi connectivity index (χ3v) is 10.6. The zero-order valence-electron chi connectivity index (χ0n) is 32.4. The lowest BCUT2D eigenvalue weighted by atomic mass is 9.95. The second-order valence-electron chi connectivity index (χ2n) is 14.7. The normalized spacial score (nSPS) is 16.6. The largest absolute Gasteiger partial charge is 0.390 e. The fourth-order valence-corrected chi connectivity index (χ4v) is 7.34. The fourth-order valence-electron chi connectivity index (χ4n) is 7.34. The molecule has 0 aliphatic carbocycles. The van der Waals surface area contributed by atoms with Crippen molar-refractivity contribution in [1.29, 1.82) is 0 Å². The topological polar surface area (TPSA) is 151 Å². The Bertz CT molecular complexity index is 1950. The number of aliphatic hydroxyl groups is 1. The number of aliphatic hydroxyl groups excluding tert-OH is 1. The first-order valence-corrected chi connectivity index (χ1v) is 19.5. The molecule has 2 aromatic heterocycles. The first-order chi connectivity index (χ1) is 27.1. The molecule has 294 valence electrons. The highest BCUT2D eigenvalue weighted by Crippen LogP contribution is 2.24. The highest BCUT2D eigenvalue weighted by molar-refractivity contribution is 5.95. The van der Waals surface area contributed by atoms with Crippen LogP contribution in [0.5, 0.6) is 0 Å². The number of likely N-dealkylation sites (tertiary alicyclic amines) is 1. The van der Waals surface area contributed by atoms with Crippen LogP contribution in [0.15, 0.2) is 97.2 Å². The van der Waals surface area contributed by atoms with Crippen molar-refractivity contribution in [2.24, 2.45) is 5.92 Å². The summed E-state index contributed by atoms with van der Waals surface area (Å²) in [6.07, 6.45) is 2.41. The summed E-state index contributed by atoms with van der Waals surface area (Å²) in [5.41, 5.74) is 8.02. The Morgan fingerprint density at radius 1 is 0.911 bits per heavy atom. The average Bonchev–Trinajstić information content (AvgIpc) is 3.79. The number of urea groups is 2. The predicted molar refractivity (Wildman–Crippen MR) is 212 cm³/mol. The maximum Gasteiger partial charge on any atom is 0.338 e. The quantitative estimate of drug-likeness (QED) is 0.136. The minimum absolute atomic E-state index is 0.0680. The molecule has 4 heterocycles. The molecule has 13 nitrogen and oxygen atoms in total. The number of hydrogen-bond donors (Lipinski definition) is 3. The number of benzene rings is 2. The van der Waals surface area contributed by atoms with E-state index in [1.165, 1.54) is 4.90 Å². The fraction of sp³-hybridized carbons (Fsp3) is 0.395. The van der Waals surface area contributed by atoms with Crippen molar-refractivity contribution in [3.05, 3.63) is 120 Å². The first-order valence-electron chi connectivity index (χ1n) is 19.5. The van der Waals surface area contributed by atoms with Crippen molar-refractivity contribution >= 4 is 23.9 Å². The molecule has 56 heavy (non-hydrogen) atoms. The number of aromatic nitrogens is 2. The average molecular weight is 761 g/mol. The minimum Gasteiger partial charge on any atom is -0.390 e. The minimum atomic E-state index is -1.17. The Hall–Kier alpha value is -5.66. The van der Waals surface area contributed by atoms with E-state index in [9.17, 15) is 24.3 Å². The number of pyridine rings is 2. The third kappa shape index (κ3) is 10.1. The molecular formula is C43H52N8O5. The van der Waals surface area contributed by atoms with Gasteiger partial charge in [0.1, 0.15) is 6.04 Å². The van der Waals surface area contributed by atoms with E-state index >= 15 is 0 Å². The molecule has 4 aromatic rings. The number of nitrogens with zero attached hydrogens (tertiary/aromatic N) is 6. The van der Waals surface area contributed by atoms with Gasteiger partial charge in [0, 0.05) is 56.6 Å². The van der Waals surface area contributed by atoms with Gasteiger partial charge in [-0.1, -0.05) is 87.0 Å². The van der Waals surface area contributed by atoms with Crippen molar-refractivity contribution in [1.82, 2.24) is 40.4 Å². The van der Waals surface area contributed by atoms with Crippen molar-refractivity contribution < 1.29 is 24.3 Å². The summed E-state index contributed by atoms with van der Waals surface area (Å²) in [5, 5.41) is 16.7. The van der Waals surface area contributed by atoms with Crippen LogP contribution in [-0.4, -0.2) is 103 Å². The molecular weight excluding hydrogens is 709 g/mol. The van der Waals surface area contributed by atoms with Crippen LogP contribution in [0.4, 0.5) is 9.59 Å². The van der Waals surface area contributed by atoms with Gasteiger partial charge >= 0.3 is 12.1 Å². The van der Waals surface area contributed by atoms with E-state index in [2.05, 4.69) is 20.7 Å². The van der Waals surface area contributed by atoms with E-state index in [1.807, 2.05) is 112 Å².